The van der Waals surface area contributed by atoms with Gasteiger partial charge < -0.3 is 0 Å². The number of carbonyl (C=O) groups excluding carboxylic acids is 3. The molecule has 1 aromatic carbocycles. The second-order valence-corrected chi connectivity index (χ2v) is 7.44. The third kappa shape index (κ3) is 3.15. The molecule has 0 saturated carbocycles. The number of thioether (sulfide) groups is 1. The molecule has 24 heavy (non-hydrogen) atoms. The fourth-order valence-corrected chi connectivity index (χ4v) is 4.97. The monoisotopic (exact) mass is 363 g/mol. The molecule has 0 aliphatic carbocycles. The van der Waals surface area contributed by atoms with Gasteiger partial charge in [0.05, 0.1) is 17.0 Å². The quantitative estimate of drug-likeness (QED) is 0.576. The predicted molar refractivity (Wildman–Crippen MR) is 94.8 cm³/mol. The van der Waals surface area contributed by atoms with Crippen LogP contribution in [-0.2, 0) is 20.8 Å². The van der Waals surface area contributed by atoms with Crippen molar-refractivity contribution in [3.05, 3.63) is 47.2 Å². The Hall–Kier alpha value is -1.59. The molecule has 1 fully saturated rings. The summed E-state index contributed by atoms with van der Waals surface area (Å²) < 4.78 is 0. The minimum absolute atomic E-state index is 0.0521. The fraction of sp³-hybridized carbons (Fsp3) is 0.389. The standard InChI is InChI=1S/C18H18ClNO3S/c1-11(21)16-13(9-19)10-24-18-15(17(23)20(16)18)8-14(22)7-12-5-3-2-4-6-12/h2-6,15,18H,7-10H2,1H3/t15-,18-/m1/s1. The van der Waals surface area contributed by atoms with Crippen molar-refractivity contribution in [1.29, 1.82) is 0 Å². The molecule has 4 nitrogen and oxygen atoms in total. The Morgan fingerprint density at radius 3 is 2.62 bits per heavy atom. The smallest absolute Gasteiger partial charge is 0.234 e. The highest BCUT2D eigenvalue weighted by Gasteiger charge is 2.52. The highest BCUT2D eigenvalue weighted by molar-refractivity contribution is 8.00. The van der Waals surface area contributed by atoms with E-state index in [1.807, 2.05) is 30.3 Å². The molecule has 1 aromatic rings. The number of β-lactam (4-membered cyclic amide) rings is 1. The summed E-state index contributed by atoms with van der Waals surface area (Å²) >= 11 is 7.48. The van der Waals surface area contributed by atoms with Crippen molar-refractivity contribution < 1.29 is 14.4 Å². The van der Waals surface area contributed by atoms with Crippen LogP contribution in [0.15, 0.2) is 41.6 Å². The number of fused-ring (bicyclic) bond motifs is 1. The number of amides is 1. The van der Waals surface area contributed by atoms with Crippen LogP contribution in [0.25, 0.3) is 0 Å². The molecule has 2 heterocycles. The second-order valence-electron chi connectivity index (χ2n) is 6.06. The Kier molecular flexibility index (Phi) is 5.11. The van der Waals surface area contributed by atoms with E-state index < -0.39 is 0 Å². The molecule has 0 aromatic heterocycles. The number of allylic oxidation sites excluding steroid dienone is 1. The number of alkyl halides is 1. The number of hydrogen-bond acceptors (Lipinski definition) is 4. The summed E-state index contributed by atoms with van der Waals surface area (Å²) in [5, 5.41) is -0.122. The van der Waals surface area contributed by atoms with E-state index in [1.54, 1.807) is 11.8 Å². The SMILES string of the molecule is CC(=O)C1=C(CCl)CS[C@@H]2[C@H](CC(=O)Cc3ccccc3)C(=O)N12. The minimum Gasteiger partial charge on any atom is -0.299 e. The van der Waals surface area contributed by atoms with Crippen LogP contribution >= 0.6 is 23.4 Å². The lowest BCUT2D eigenvalue weighted by atomic mass is 9.88. The van der Waals surface area contributed by atoms with Crippen molar-refractivity contribution in [2.24, 2.45) is 5.92 Å². The first-order valence-corrected chi connectivity index (χ1v) is 9.40. The number of benzene rings is 1. The Balaban J connectivity index is 1.69. The molecular formula is C18H18ClNO3S. The zero-order valence-corrected chi connectivity index (χ0v) is 14.9. The molecule has 1 amide bonds. The second kappa shape index (κ2) is 7.11. The Labute approximate surface area is 150 Å². The van der Waals surface area contributed by atoms with Gasteiger partial charge in [-0.05, 0) is 11.1 Å². The van der Waals surface area contributed by atoms with Crippen molar-refractivity contribution in [1.82, 2.24) is 4.90 Å². The molecule has 0 radical (unpaired) electrons. The van der Waals surface area contributed by atoms with Gasteiger partial charge in [-0.25, -0.2) is 0 Å². The van der Waals surface area contributed by atoms with E-state index in [-0.39, 0.29) is 41.1 Å². The van der Waals surface area contributed by atoms with Crippen molar-refractivity contribution in [3.8, 4) is 0 Å². The van der Waals surface area contributed by atoms with Gasteiger partial charge in [-0.15, -0.1) is 23.4 Å². The number of carbonyl (C=O) groups is 3. The molecule has 3 rings (SSSR count). The summed E-state index contributed by atoms with van der Waals surface area (Å²) in [7, 11) is 0. The lowest BCUT2D eigenvalue weighted by Gasteiger charge is -2.50. The summed E-state index contributed by atoms with van der Waals surface area (Å²) in [6.07, 6.45) is 0.563. The number of halogens is 1. The van der Waals surface area contributed by atoms with Crippen LogP contribution in [0.5, 0.6) is 0 Å². The van der Waals surface area contributed by atoms with E-state index in [0.29, 0.717) is 17.9 Å². The number of nitrogens with zero attached hydrogens (tertiary/aromatic N) is 1. The zero-order chi connectivity index (χ0) is 17.3. The van der Waals surface area contributed by atoms with E-state index in [2.05, 4.69) is 0 Å². The highest BCUT2D eigenvalue weighted by atomic mass is 35.5. The number of Topliss-reactive ketones (excluding diaryl/α,β-unsaturated/α-hetero) is 2. The summed E-state index contributed by atoms with van der Waals surface area (Å²) in [5.41, 5.74) is 2.19. The highest BCUT2D eigenvalue weighted by Crippen LogP contribution is 2.45. The summed E-state index contributed by atoms with van der Waals surface area (Å²) in [4.78, 5) is 38.2. The maximum absolute atomic E-state index is 12.5. The summed E-state index contributed by atoms with van der Waals surface area (Å²) in [5.74, 6) is 0.320. The van der Waals surface area contributed by atoms with Crippen molar-refractivity contribution in [2.75, 3.05) is 11.6 Å². The zero-order valence-electron chi connectivity index (χ0n) is 13.3. The first-order chi connectivity index (χ1) is 11.5. The normalized spacial score (nSPS) is 22.9. The molecular weight excluding hydrogens is 346 g/mol. The molecule has 0 spiro atoms. The fourth-order valence-electron chi connectivity index (χ4n) is 3.23. The average molecular weight is 364 g/mol. The van der Waals surface area contributed by atoms with E-state index in [0.717, 1.165) is 11.1 Å². The summed E-state index contributed by atoms with van der Waals surface area (Å²) in [6.45, 7) is 1.45. The largest absolute Gasteiger partial charge is 0.299 e. The van der Waals surface area contributed by atoms with Gasteiger partial charge in [-0.2, -0.15) is 0 Å². The van der Waals surface area contributed by atoms with Gasteiger partial charge in [-0.3, -0.25) is 19.3 Å². The third-order valence-electron chi connectivity index (χ3n) is 4.34. The van der Waals surface area contributed by atoms with Crippen LogP contribution in [0.2, 0.25) is 0 Å². The first kappa shape index (κ1) is 17.2. The Morgan fingerprint density at radius 1 is 1.29 bits per heavy atom. The van der Waals surface area contributed by atoms with Crippen LogP contribution in [0.1, 0.15) is 18.9 Å². The predicted octanol–water partition coefficient (Wildman–Crippen LogP) is 2.80. The average Bonchev–Trinajstić information content (AvgIpc) is 2.58. The molecule has 6 heteroatoms. The van der Waals surface area contributed by atoms with E-state index >= 15 is 0 Å². The van der Waals surface area contributed by atoms with Crippen molar-refractivity contribution in [2.45, 2.75) is 25.1 Å². The van der Waals surface area contributed by atoms with Gasteiger partial charge >= 0.3 is 0 Å². The molecule has 0 bridgehead atoms. The van der Waals surface area contributed by atoms with E-state index in [1.165, 1.54) is 11.8 Å². The van der Waals surface area contributed by atoms with Crippen LogP contribution in [0.4, 0.5) is 0 Å². The van der Waals surface area contributed by atoms with Gasteiger partial charge in [0.25, 0.3) is 0 Å². The van der Waals surface area contributed by atoms with Crippen LogP contribution in [0.3, 0.4) is 0 Å². The van der Waals surface area contributed by atoms with Crippen LogP contribution < -0.4 is 0 Å². The number of rotatable bonds is 6. The van der Waals surface area contributed by atoms with Gasteiger partial charge in [0, 0.05) is 31.4 Å². The molecule has 0 unspecified atom stereocenters. The first-order valence-electron chi connectivity index (χ1n) is 7.82. The lowest BCUT2D eigenvalue weighted by molar-refractivity contribution is -0.150. The van der Waals surface area contributed by atoms with Gasteiger partial charge in [-0.1, -0.05) is 30.3 Å². The minimum atomic E-state index is -0.336. The molecule has 2 aliphatic heterocycles. The van der Waals surface area contributed by atoms with E-state index in [4.69, 9.17) is 11.6 Å². The van der Waals surface area contributed by atoms with Gasteiger partial charge in [0.2, 0.25) is 5.91 Å². The van der Waals surface area contributed by atoms with Crippen molar-refractivity contribution >= 4 is 40.8 Å². The summed E-state index contributed by atoms with van der Waals surface area (Å²) in [6, 6.07) is 9.52. The molecule has 1 saturated heterocycles. The Morgan fingerprint density at radius 2 is 2.00 bits per heavy atom. The third-order valence-corrected chi connectivity index (χ3v) is 6.06. The van der Waals surface area contributed by atoms with Gasteiger partial charge in [0.15, 0.2) is 5.78 Å². The Bertz CT molecular complexity index is 716. The molecule has 2 aliphatic rings. The van der Waals surface area contributed by atoms with Gasteiger partial charge in [0.1, 0.15) is 5.78 Å². The lowest BCUT2D eigenvalue weighted by Crippen LogP contribution is -2.61. The number of hydrogen-bond donors (Lipinski definition) is 0. The van der Waals surface area contributed by atoms with Crippen LogP contribution in [-0.4, -0.2) is 39.4 Å². The molecule has 126 valence electrons. The maximum Gasteiger partial charge on any atom is 0.234 e. The molecule has 2 atom stereocenters. The van der Waals surface area contributed by atoms with E-state index in [9.17, 15) is 14.4 Å². The van der Waals surface area contributed by atoms with Crippen LogP contribution in [0, 0.1) is 5.92 Å². The maximum atomic E-state index is 12.5. The topological polar surface area (TPSA) is 54.5 Å². The molecule has 0 N–H and O–H groups in total. The van der Waals surface area contributed by atoms with Crippen molar-refractivity contribution in [3.63, 3.8) is 0 Å². The number of ketones is 2.